The lowest BCUT2D eigenvalue weighted by Gasteiger charge is -2.23. The van der Waals surface area contributed by atoms with Crippen LogP contribution in [0.4, 0.5) is 5.82 Å². The number of aromatic nitrogens is 3. The van der Waals surface area contributed by atoms with Crippen molar-refractivity contribution in [2.45, 2.75) is 49.9 Å². The monoisotopic (exact) mass is 443 g/mol. The van der Waals surface area contributed by atoms with Crippen LogP contribution in [0.25, 0.3) is 11.0 Å². The van der Waals surface area contributed by atoms with Gasteiger partial charge in [-0.05, 0) is 42.9 Å². The van der Waals surface area contributed by atoms with Crippen molar-refractivity contribution in [1.29, 1.82) is 0 Å². The summed E-state index contributed by atoms with van der Waals surface area (Å²) < 4.78 is 35.1. The highest BCUT2D eigenvalue weighted by molar-refractivity contribution is 7.83. The van der Waals surface area contributed by atoms with Crippen molar-refractivity contribution in [2.24, 2.45) is 0 Å². The van der Waals surface area contributed by atoms with E-state index in [0.29, 0.717) is 12.8 Å². The van der Waals surface area contributed by atoms with Gasteiger partial charge in [-0.25, -0.2) is 9.97 Å². The second-order valence-electron chi connectivity index (χ2n) is 8.37. The van der Waals surface area contributed by atoms with Crippen molar-refractivity contribution < 1.29 is 18.1 Å². The fourth-order valence-electron chi connectivity index (χ4n) is 5.01. The molecule has 2 aromatic heterocycles. The molecule has 1 saturated carbocycles. The Balaban J connectivity index is 1.42. The van der Waals surface area contributed by atoms with Crippen LogP contribution in [-0.2, 0) is 16.7 Å². The van der Waals surface area contributed by atoms with Gasteiger partial charge in [0.05, 0.1) is 23.6 Å². The molecule has 2 aliphatic rings. The second-order valence-corrected chi connectivity index (χ2v) is 9.84. The van der Waals surface area contributed by atoms with Gasteiger partial charge in [0.15, 0.2) is 0 Å². The van der Waals surface area contributed by atoms with Gasteiger partial charge in [-0.1, -0.05) is 24.3 Å². The third-order valence-electron chi connectivity index (χ3n) is 6.65. The predicted molar refractivity (Wildman–Crippen MR) is 116 cm³/mol. The molecule has 5 rings (SSSR count). The lowest BCUT2D eigenvalue weighted by atomic mass is 10.1. The molecule has 31 heavy (non-hydrogen) atoms. The summed E-state index contributed by atoms with van der Waals surface area (Å²) in [4.78, 5) is 8.93. The SMILES string of the molecule is CN([C@@H]1C[C@@H](n2ccc3c(N[C@H]4CCc5ccccc54)ncnc32)C[C@@H]1O)S(=O)(=O)O. The van der Waals surface area contributed by atoms with Crippen molar-refractivity contribution in [1.82, 2.24) is 18.8 Å². The number of aryl methyl sites for hydroxylation is 1. The molecule has 0 saturated heterocycles. The minimum atomic E-state index is -4.37. The number of likely N-dealkylation sites (N-methyl/N-ethyl adjacent to an activating group) is 1. The standard InChI is InChI=1S/C21H25N5O4S/c1-25(31(28,29)30)18-10-14(11-19(18)27)26-9-8-16-20(22-12-23-21(16)26)24-17-7-6-13-4-2-3-5-15(13)17/h2-5,8-9,12,14,17-19,27H,6-7,10-11H2,1H3,(H,22,23,24)(H,28,29,30)/t14-,17+,18-,19+/m1/s1. The molecule has 1 fully saturated rings. The van der Waals surface area contributed by atoms with Crippen LogP contribution < -0.4 is 5.32 Å². The molecule has 4 atom stereocenters. The highest BCUT2D eigenvalue weighted by Gasteiger charge is 2.40. The Morgan fingerprint density at radius 2 is 2.00 bits per heavy atom. The molecule has 0 spiro atoms. The fourth-order valence-corrected chi connectivity index (χ4v) is 5.58. The topological polar surface area (TPSA) is 121 Å². The van der Waals surface area contributed by atoms with Crippen LogP contribution in [0.5, 0.6) is 0 Å². The van der Waals surface area contributed by atoms with Gasteiger partial charge in [0.2, 0.25) is 0 Å². The zero-order valence-corrected chi connectivity index (χ0v) is 17.9. The lowest BCUT2D eigenvalue weighted by Crippen LogP contribution is -2.41. The van der Waals surface area contributed by atoms with Crippen LogP contribution >= 0.6 is 0 Å². The predicted octanol–water partition coefficient (Wildman–Crippen LogP) is 2.33. The number of fused-ring (bicyclic) bond motifs is 2. The molecule has 0 unspecified atom stereocenters. The van der Waals surface area contributed by atoms with Crippen molar-refractivity contribution in [3.8, 4) is 0 Å². The highest BCUT2D eigenvalue weighted by Crippen LogP contribution is 2.38. The quantitative estimate of drug-likeness (QED) is 0.518. The molecule has 0 radical (unpaired) electrons. The van der Waals surface area contributed by atoms with E-state index in [-0.39, 0.29) is 12.1 Å². The minimum Gasteiger partial charge on any atom is -0.391 e. The van der Waals surface area contributed by atoms with Crippen molar-refractivity contribution in [3.05, 3.63) is 54.0 Å². The summed E-state index contributed by atoms with van der Waals surface area (Å²) in [6.45, 7) is 0. The zero-order chi connectivity index (χ0) is 21.8. The molecule has 2 heterocycles. The first-order valence-corrected chi connectivity index (χ1v) is 11.8. The van der Waals surface area contributed by atoms with Crippen molar-refractivity contribution in [2.75, 3.05) is 12.4 Å². The van der Waals surface area contributed by atoms with E-state index in [1.807, 2.05) is 16.8 Å². The largest absolute Gasteiger partial charge is 0.391 e. The number of nitrogens with zero attached hydrogens (tertiary/aromatic N) is 4. The van der Waals surface area contributed by atoms with Gasteiger partial charge in [0.1, 0.15) is 17.8 Å². The van der Waals surface area contributed by atoms with Gasteiger partial charge >= 0.3 is 10.3 Å². The number of nitrogens with one attached hydrogen (secondary N) is 1. The van der Waals surface area contributed by atoms with Gasteiger partial charge in [-0.15, -0.1) is 0 Å². The maximum Gasteiger partial charge on any atom is 0.335 e. The van der Waals surface area contributed by atoms with E-state index in [4.69, 9.17) is 0 Å². The van der Waals surface area contributed by atoms with Crippen LogP contribution in [0.15, 0.2) is 42.9 Å². The first kappa shape index (κ1) is 20.4. The van der Waals surface area contributed by atoms with E-state index in [9.17, 15) is 18.1 Å². The number of aliphatic hydroxyl groups is 1. The van der Waals surface area contributed by atoms with E-state index in [1.54, 1.807) is 0 Å². The van der Waals surface area contributed by atoms with Crippen LogP contribution in [0, 0.1) is 0 Å². The van der Waals surface area contributed by atoms with Crippen LogP contribution in [0.3, 0.4) is 0 Å². The number of benzene rings is 1. The summed E-state index contributed by atoms with van der Waals surface area (Å²) in [5, 5.41) is 14.9. The van der Waals surface area contributed by atoms with Crippen molar-refractivity contribution in [3.63, 3.8) is 0 Å². The van der Waals surface area contributed by atoms with E-state index in [2.05, 4.69) is 39.6 Å². The Hall–Kier alpha value is -2.53. The van der Waals surface area contributed by atoms with Gasteiger partial charge in [-0.2, -0.15) is 12.7 Å². The van der Waals surface area contributed by atoms with Crippen LogP contribution in [0.2, 0.25) is 0 Å². The lowest BCUT2D eigenvalue weighted by molar-refractivity contribution is 0.117. The number of rotatable bonds is 5. The third kappa shape index (κ3) is 3.59. The van der Waals surface area contributed by atoms with E-state index < -0.39 is 22.4 Å². The Bertz CT molecular complexity index is 1230. The summed E-state index contributed by atoms with van der Waals surface area (Å²) in [7, 11) is -3.09. The normalized spacial score (nSPS) is 25.9. The molecule has 164 valence electrons. The maximum atomic E-state index is 11.5. The smallest absolute Gasteiger partial charge is 0.335 e. The molecule has 9 nitrogen and oxygen atoms in total. The molecule has 0 aliphatic heterocycles. The number of hydrogen-bond acceptors (Lipinski definition) is 6. The molecular formula is C21H25N5O4S. The number of anilines is 1. The van der Waals surface area contributed by atoms with E-state index in [1.165, 1.54) is 24.5 Å². The summed E-state index contributed by atoms with van der Waals surface area (Å²) in [5.74, 6) is 0.760. The Morgan fingerprint density at radius 1 is 1.19 bits per heavy atom. The Labute approximate surface area is 180 Å². The molecule has 3 aromatic rings. The maximum absolute atomic E-state index is 11.5. The fraction of sp³-hybridized carbons (Fsp3) is 0.429. The van der Waals surface area contributed by atoms with Gasteiger partial charge in [0.25, 0.3) is 0 Å². The molecule has 0 amide bonds. The Morgan fingerprint density at radius 3 is 2.81 bits per heavy atom. The summed E-state index contributed by atoms with van der Waals surface area (Å²) in [5.41, 5.74) is 3.39. The average Bonchev–Trinajstić information content (AvgIpc) is 3.44. The molecule has 3 N–H and O–H groups in total. The van der Waals surface area contributed by atoms with Crippen molar-refractivity contribution >= 4 is 27.2 Å². The first-order chi connectivity index (χ1) is 14.8. The summed E-state index contributed by atoms with van der Waals surface area (Å²) in [6, 6.07) is 9.74. The van der Waals surface area contributed by atoms with Gasteiger partial charge in [0, 0.05) is 19.3 Å². The third-order valence-corrected chi connectivity index (χ3v) is 7.65. The molecule has 1 aromatic carbocycles. The first-order valence-electron chi connectivity index (χ1n) is 10.4. The number of aliphatic hydroxyl groups excluding tert-OH is 1. The average molecular weight is 444 g/mol. The minimum absolute atomic E-state index is 0.142. The molecule has 10 heteroatoms. The van der Waals surface area contributed by atoms with E-state index in [0.717, 1.165) is 34.0 Å². The highest BCUT2D eigenvalue weighted by atomic mass is 32.2. The summed E-state index contributed by atoms with van der Waals surface area (Å²) in [6.07, 6.45) is 5.34. The van der Waals surface area contributed by atoms with E-state index >= 15 is 0 Å². The van der Waals surface area contributed by atoms with Gasteiger partial charge in [-0.3, -0.25) is 4.55 Å². The van der Waals surface area contributed by atoms with Crippen LogP contribution in [-0.4, -0.2) is 56.1 Å². The van der Waals surface area contributed by atoms with Gasteiger partial charge < -0.3 is 15.0 Å². The second kappa shape index (κ2) is 7.56. The molecular weight excluding hydrogens is 418 g/mol. The Kier molecular flexibility index (Phi) is 4.97. The molecule has 2 aliphatic carbocycles. The zero-order valence-electron chi connectivity index (χ0n) is 17.1. The number of hydrogen-bond donors (Lipinski definition) is 3. The summed E-state index contributed by atoms with van der Waals surface area (Å²) >= 11 is 0. The molecule has 0 bridgehead atoms. The van der Waals surface area contributed by atoms with Crippen LogP contribution in [0.1, 0.15) is 42.5 Å².